The van der Waals surface area contributed by atoms with Crippen LogP contribution in [0.25, 0.3) is 0 Å². The summed E-state index contributed by atoms with van der Waals surface area (Å²) in [6, 6.07) is 0. The molecule has 1 N–H and O–H groups in total. The molecule has 4 bridgehead atoms. The highest BCUT2D eigenvalue weighted by Crippen LogP contribution is 2.69. The zero-order valence-electron chi connectivity index (χ0n) is 22.2. The summed E-state index contributed by atoms with van der Waals surface area (Å²) in [6.07, 6.45) is -1.17. The van der Waals surface area contributed by atoms with Crippen molar-refractivity contribution in [3.05, 3.63) is 11.1 Å². The Hall–Kier alpha value is -1.56. The van der Waals surface area contributed by atoms with Crippen LogP contribution in [-0.2, 0) is 42.7 Å². The van der Waals surface area contributed by atoms with Gasteiger partial charge in [0.15, 0.2) is 0 Å². The first-order valence-corrected chi connectivity index (χ1v) is 11.9. The number of aliphatic hydroxyl groups is 1. The molecule has 3 fully saturated rings. The summed E-state index contributed by atoms with van der Waals surface area (Å²) in [5.41, 5.74) is -4.80. The molecule has 10 nitrogen and oxygen atoms in total. The normalized spacial score (nSPS) is 46.3. The average molecular weight is 499 g/mol. The van der Waals surface area contributed by atoms with Crippen LogP contribution in [0.4, 0.5) is 0 Å². The number of hydrogen-bond acceptors (Lipinski definition) is 10. The van der Waals surface area contributed by atoms with Gasteiger partial charge in [-0.25, -0.2) is 9.59 Å². The van der Waals surface area contributed by atoms with Crippen LogP contribution in [0.5, 0.6) is 0 Å². The molecule has 0 spiro atoms. The SMILES string of the molecule is COC(=O)C1=C(C(=O)OC)[C@]2(C)O[C@@]1([C@H](C)[C@@]13CC(OC)(OC)C(C)(O1)[C@@H](OC)[C@@H]3C)[C@H](C)[C@H]2O. The zero-order chi connectivity index (χ0) is 26.4. The Morgan fingerprint density at radius 2 is 1.49 bits per heavy atom. The van der Waals surface area contributed by atoms with E-state index < -0.39 is 64.2 Å². The van der Waals surface area contributed by atoms with Gasteiger partial charge in [0, 0.05) is 45.5 Å². The number of rotatable bonds is 7. The van der Waals surface area contributed by atoms with E-state index >= 15 is 0 Å². The van der Waals surface area contributed by atoms with Gasteiger partial charge in [-0.2, -0.15) is 0 Å². The van der Waals surface area contributed by atoms with E-state index in [1.165, 1.54) is 14.2 Å². The number of carbonyl (C=O) groups is 2. The molecule has 0 radical (unpaired) electrons. The summed E-state index contributed by atoms with van der Waals surface area (Å²) in [5, 5.41) is 11.3. The molecule has 4 rings (SSSR count). The number of fused-ring (bicyclic) bond motifs is 4. The minimum atomic E-state index is -1.47. The lowest BCUT2D eigenvalue weighted by Crippen LogP contribution is -2.64. The Morgan fingerprint density at radius 3 is 1.97 bits per heavy atom. The van der Waals surface area contributed by atoms with Gasteiger partial charge in [0.25, 0.3) is 0 Å². The molecule has 0 amide bonds. The van der Waals surface area contributed by atoms with Crippen LogP contribution in [0.1, 0.15) is 41.0 Å². The number of ether oxygens (including phenoxy) is 7. The van der Waals surface area contributed by atoms with E-state index in [0.29, 0.717) is 6.42 Å². The van der Waals surface area contributed by atoms with Gasteiger partial charge < -0.3 is 38.3 Å². The quantitative estimate of drug-likeness (QED) is 0.407. The van der Waals surface area contributed by atoms with Crippen molar-refractivity contribution in [2.45, 2.75) is 81.4 Å². The van der Waals surface area contributed by atoms with E-state index in [9.17, 15) is 14.7 Å². The third-order valence-electron chi connectivity index (χ3n) is 9.74. The molecule has 198 valence electrons. The van der Waals surface area contributed by atoms with Crippen LogP contribution < -0.4 is 0 Å². The Kier molecular flexibility index (Phi) is 6.03. The number of carbonyl (C=O) groups excluding carboxylic acids is 2. The van der Waals surface area contributed by atoms with Crippen molar-refractivity contribution in [3.63, 3.8) is 0 Å². The Balaban J connectivity index is 1.97. The lowest BCUT2D eigenvalue weighted by molar-refractivity contribution is -0.289. The fraction of sp³-hybridized carbons (Fsp3) is 0.840. The third kappa shape index (κ3) is 2.70. The summed E-state index contributed by atoms with van der Waals surface area (Å²) < 4.78 is 41.4. The fourth-order valence-corrected chi connectivity index (χ4v) is 7.98. The maximum Gasteiger partial charge on any atom is 0.337 e. The van der Waals surface area contributed by atoms with Gasteiger partial charge in [0.2, 0.25) is 5.79 Å². The van der Waals surface area contributed by atoms with Crippen molar-refractivity contribution in [1.82, 2.24) is 0 Å². The van der Waals surface area contributed by atoms with E-state index in [-0.39, 0.29) is 17.1 Å². The van der Waals surface area contributed by atoms with E-state index in [0.717, 1.165) is 0 Å². The maximum absolute atomic E-state index is 13.3. The van der Waals surface area contributed by atoms with Crippen molar-refractivity contribution >= 4 is 11.9 Å². The van der Waals surface area contributed by atoms with Crippen LogP contribution in [0.2, 0.25) is 0 Å². The van der Waals surface area contributed by atoms with E-state index in [2.05, 4.69) is 0 Å². The summed E-state index contributed by atoms with van der Waals surface area (Å²) >= 11 is 0. The Bertz CT molecular complexity index is 958. The molecule has 4 aliphatic rings. The lowest BCUT2D eigenvalue weighted by Gasteiger charge is -2.51. The number of esters is 2. The smallest absolute Gasteiger partial charge is 0.337 e. The summed E-state index contributed by atoms with van der Waals surface area (Å²) in [7, 11) is 7.21. The molecule has 0 aromatic carbocycles. The van der Waals surface area contributed by atoms with Gasteiger partial charge >= 0.3 is 11.9 Å². The van der Waals surface area contributed by atoms with Crippen molar-refractivity contribution in [1.29, 1.82) is 0 Å². The van der Waals surface area contributed by atoms with E-state index in [1.54, 1.807) is 28.3 Å². The van der Waals surface area contributed by atoms with Crippen molar-refractivity contribution in [2.75, 3.05) is 35.5 Å². The minimum Gasteiger partial charge on any atom is -0.466 e. The molecule has 0 saturated carbocycles. The highest BCUT2D eigenvalue weighted by molar-refractivity contribution is 6.05. The first-order chi connectivity index (χ1) is 16.3. The van der Waals surface area contributed by atoms with Gasteiger partial charge in [-0.05, 0) is 13.8 Å². The van der Waals surface area contributed by atoms with Crippen molar-refractivity contribution in [2.24, 2.45) is 17.8 Å². The Labute approximate surface area is 206 Å². The van der Waals surface area contributed by atoms with Crippen molar-refractivity contribution < 1.29 is 47.9 Å². The van der Waals surface area contributed by atoms with Gasteiger partial charge in [0.05, 0.1) is 43.2 Å². The molecule has 0 aromatic heterocycles. The average Bonchev–Trinajstić information content (AvgIpc) is 3.44. The number of hydrogen-bond donors (Lipinski definition) is 1. The standard InChI is InChI=1S/C25H38O10/c1-12-17(26)21(4)15(19(27)30-7)16(20(28)31-8)25(12,34-21)14(3)23-11-24(32-9,33-10)22(5,35-23)18(29-6)13(23)2/h12-14,17-18,26H,11H2,1-10H3/t12-,13+,14-,17-,18+,21+,22?,23+,25-/m1/s1. The maximum atomic E-state index is 13.3. The van der Waals surface area contributed by atoms with E-state index in [1.807, 2.05) is 27.7 Å². The fourth-order valence-electron chi connectivity index (χ4n) is 7.98. The molecule has 3 saturated heterocycles. The lowest BCUT2D eigenvalue weighted by atomic mass is 9.56. The molecule has 0 aliphatic carbocycles. The minimum absolute atomic E-state index is 0.0276. The molecule has 0 aromatic rings. The predicted octanol–water partition coefficient (Wildman–Crippen LogP) is 1.38. The molecular formula is C25H38O10. The molecule has 35 heavy (non-hydrogen) atoms. The second kappa shape index (κ2) is 7.97. The Morgan fingerprint density at radius 1 is 0.943 bits per heavy atom. The van der Waals surface area contributed by atoms with Crippen LogP contribution >= 0.6 is 0 Å². The summed E-state index contributed by atoms with van der Waals surface area (Å²) in [6.45, 7) is 9.24. The monoisotopic (exact) mass is 498 g/mol. The largest absolute Gasteiger partial charge is 0.466 e. The number of aliphatic hydroxyl groups excluding tert-OH is 1. The third-order valence-corrected chi connectivity index (χ3v) is 9.74. The molecule has 10 heteroatoms. The van der Waals surface area contributed by atoms with Crippen LogP contribution in [0.15, 0.2) is 11.1 Å². The second-order valence-corrected chi connectivity index (χ2v) is 10.6. The topological polar surface area (TPSA) is 119 Å². The number of methoxy groups -OCH3 is 5. The van der Waals surface area contributed by atoms with Crippen LogP contribution in [0.3, 0.4) is 0 Å². The van der Waals surface area contributed by atoms with E-state index in [4.69, 9.17) is 33.2 Å². The molecular weight excluding hydrogens is 460 g/mol. The highest BCUT2D eigenvalue weighted by Gasteiger charge is 2.82. The van der Waals surface area contributed by atoms with Gasteiger partial charge in [-0.3, -0.25) is 0 Å². The first-order valence-electron chi connectivity index (χ1n) is 11.9. The highest BCUT2D eigenvalue weighted by atomic mass is 16.7. The van der Waals surface area contributed by atoms with Gasteiger partial charge in [-0.1, -0.05) is 20.8 Å². The second-order valence-electron chi connectivity index (χ2n) is 10.6. The predicted molar refractivity (Wildman–Crippen MR) is 121 cm³/mol. The molecule has 4 heterocycles. The zero-order valence-corrected chi connectivity index (χ0v) is 22.2. The summed E-state index contributed by atoms with van der Waals surface area (Å²) in [5.74, 6) is -3.92. The van der Waals surface area contributed by atoms with Crippen LogP contribution in [0, 0.1) is 17.8 Å². The van der Waals surface area contributed by atoms with Crippen molar-refractivity contribution in [3.8, 4) is 0 Å². The molecule has 4 aliphatic heterocycles. The van der Waals surface area contributed by atoms with Crippen LogP contribution in [-0.4, -0.2) is 93.0 Å². The van der Waals surface area contributed by atoms with Gasteiger partial charge in [0.1, 0.15) is 16.8 Å². The van der Waals surface area contributed by atoms with Gasteiger partial charge in [-0.15, -0.1) is 0 Å². The summed E-state index contributed by atoms with van der Waals surface area (Å²) in [4.78, 5) is 26.3. The molecule has 9 atom stereocenters. The first kappa shape index (κ1) is 26.5. The molecule has 1 unspecified atom stereocenters.